The van der Waals surface area contributed by atoms with Gasteiger partial charge in [0.15, 0.2) is 9.34 Å². The first-order valence-electron chi connectivity index (χ1n) is 10.6. The number of benzene rings is 2. The maximum Gasteiger partial charge on any atom is 0.335 e. The summed E-state index contributed by atoms with van der Waals surface area (Å²) in [7, 11) is -2.28. The summed E-state index contributed by atoms with van der Waals surface area (Å²) in [5.41, 5.74) is 3.29. The van der Waals surface area contributed by atoms with E-state index in [2.05, 4.69) is 9.97 Å². The van der Waals surface area contributed by atoms with Crippen molar-refractivity contribution >= 4 is 38.4 Å². The molecule has 36 heavy (non-hydrogen) atoms. The van der Waals surface area contributed by atoms with E-state index in [1.54, 1.807) is 50.5 Å². The highest BCUT2D eigenvalue weighted by Gasteiger charge is 2.22. The topological polar surface area (TPSA) is 144 Å². The molecule has 0 radical (unpaired) electrons. The van der Waals surface area contributed by atoms with Gasteiger partial charge in [-0.15, -0.1) is 0 Å². The molecule has 11 heteroatoms. The fourth-order valence-corrected chi connectivity index (χ4v) is 5.01. The number of aromatic nitrogens is 2. The Balaban J connectivity index is 0.000000338. The number of primary sulfonamides is 1. The number of carboxylic acid groups (broad SMARTS) is 1. The van der Waals surface area contributed by atoms with Crippen molar-refractivity contribution in [3.63, 3.8) is 0 Å². The van der Waals surface area contributed by atoms with Gasteiger partial charge >= 0.3 is 5.97 Å². The lowest BCUT2D eigenvalue weighted by Crippen LogP contribution is -2.27. The van der Waals surface area contributed by atoms with Gasteiger partial charge in [-0.25, -0.2) is 23.3 Å². The Morgan fingerprint density at radius 3 is 2.14 bits per heavy atom. The third-order valence-electron chi connectivity index (χ3n) is 4.95. The molecule has 0 spiro atoms. The van der Waals surface area contributed by atoms with Crippen molar-refractivity contribution in [1.29, 1.82) is 0 Å². The Hall–Kier alpha value is -3.93. The first-order chi connectivity index (χ1) is 17.1. The predicted molar refractivity (Wildman–Crippen MR) is 138 cm³/mol. The number of sulfonamides is 1. The summed E-state index contributed by atoms with van der Waals surface area (Å²) < 4.78 is 23.0. The average Bonchev–Trinajstić information content (AvgIpc) is 3.27. The summed E-state index contributed by atoms with van der Waals surface area (Å²) in [6, 6.07) is 21.6. The largest absolute Gasteiger partial charge is 0.478 e. The third-order valence-corrected chi connectivity index (χ3v) is 7.74. The third kappa shape index (κ3) is 7.04. The van der Waals surface area contributed by atoms with Crippen molar-refractivity contribution in [2.24, 2.45) is 5.14 Å². The molecule has 186 valence electrons. The second-order valence-corrected chi connectivity index (χ2v) is 10.4. The SMILES string of the molecule is Cc1nc(N(C)C(=O)Cc2ccc(-c3ccccn3)cc2)sc1S(N)(=O)=O.O=C(O)c1ccccc1. The standard InChI is InChI=1S/C18H18N4O3S2.C7H6O2/c1-12-17(27(19,24)25)26-18(21-12)22(2)16(23)11-13-6-8-14(9-7-13)15-5-3-4-10-20-15;8-7(9)6-4-2-1-3-5-6/h3-10H,11H2,1-2H3,(H2,19,24,25);1-5H,(H,8,9). The van der Waals surface area contributed by atoms with Gasteiger partial charge in [0.05, 0.1) is 23.4 Å². The van der Waals surface area contributed by atoms with Gasteiger partial charge in [-0.3, -0.25) is 14.7 Å². The number of carbonyl (C=O) groups excluding carboxylic acids is 1. The molecule has 2 aromatic carbocycles. The molecule has 0 aliphatic carbocycles. The molecule has 0 saturated heterocycles. The molecule has 2 aromatic heterocycles. The molecular weight excluding hydrogens is 500 g/mol. The average molecular weight is 525 g/mol. The van der Waals surface area contributed by atoms with Crippen molar-refractivity contribution in [3.05, 3.63) is 95.8 Å². The quantitative estimate of drug-likeness (QED) is 0.391. The van der Waals surface area contributed by atoms with Crippen LogP contribution in [0.1, 0.15) is 21.6 Å². The van der Waals surface area contributed by atoms with Crippen LogP contribution in [0.15, 0.2) is 83.2 Å². The summed E-state index contributed by atoms with van der Waals surface area (Å²) >= 11 is 0.886. The first kappa shape index (κ1) is 26.7. The van der Waals surface area contributed by atoms with Crippen molar-refractivity contribution in [2.75, 3.05) is 11.9 Å². The Morgan fingerprint density at radius 2 is 1.64 bits per heavy atom. The summed E-state index contributed by atoms with van der Waals surface area (Å²) in [6.07, 6.45) is 1.90. The van der Waals surface area contributed by atoms with Crippen LogP contribution >= 0.6 is 11.3 Å². The van der Waals surface area contributed by atoms with E-state index in [0.29, 0.717) is 10.7 Å². The first-order valence-corrected chi connectivity index (χ1v) is 13.0. The second kappa shape index (κ2) is 11.7. The fraction of sp³-hybridized carbons (Fsp3) is 0.120. The van der Waals surface area contributed by atoms with E-state index in [4.69, 9.17) is 10.2 Å². The molecule has 0 aliphatic heterocycles. The maximum atomic E-state index is 12.5. The van der Waals surface area contributed by atoms with Gasteiger partial charge in [-0.2, -0.15) is 0 Å². The lowest BCUT2D eigenvalue weighted by molar-refractivity contribution is -0.117. The Kier molecular flexibility index (Phi) is 8.64. The number of nitrogens with zero attached hydrogens (tertiary/aromatic N) is 3. The number of likely N-dealkylation sites (N-methyl/N-ethyl adjacent to an activating group) is 1. The minimum absolute atomic E-state index is 0.0307. The molecule has 0 fully saturated rings. The van der Waals surface area contributed by atoms with Gasteiger partial charge < -0.3 is 5.11 Å². The van der Waals surface area contributed by atoms with E-state index >= 15 is 0 Å². The van der Waals surface area contributed by atoms with Crippen LogP contribution in [0.2, 0.25) is 0 Å². The molecule has 0 aliphatic rings. The van der Waals surface area contributed by atoms with Crippen LogP contribution in [0, 0.1) is 6.92 Å². The number of pyridine rings is 1. The molecule has 9 nitrogen and oxygen atoms in total. The number of thiazole rings is 1. The Morgan fingerprint density at radius 1 is 1.00 bits per heavy atom. The van der Waals surface area contributed by atoms with E-state index in [-0.39, 0.29) is 22.2 Å². The minimum atomic E-state index is -3.85. The summed E-state index contributed by atoms with van der Waals surface area (Å²) in [5.74, 6) is -1.08. The molecule has 0 unspecified atom stereocenters. The molecule has 2 heterocycles. The van der Waals surface area contributed by atoms with Crippen molar-refractivity contribution in [3.8, 4) is 11.3 Å². The van der Waals surface area contributed by atoms with Crippen LogP contribution in [0.4, 0.5) is 5.13 Å². The number of carboxylic acids is 1. The normalized spacial score (nSPS) is 10.8. The summed E-state index contributed by atoms with van der Waals surface area (Å²) in [5, 5.41) is 13.8. The van der Waals surface area contributed by atoms with Crippen molar-refractivity contribution in [2.45, 2.75) is 17.6 Å². The number of hydrogen-bond donors (Lipinski definition) is 2. The highest BCUT2D eigenvalue weighted by atomic mass is 32.2. The zero-order chi connectivity index (χ0) is 26.3. The van der Waals surface area contributed by atoms with E-state index < -0.39 is 16.0 Å². The number of amides is 1. The highest BCUT2D eigenvalue weighted by Crippen LogP contribution is 2.28. The lowest BCUT2D eigenvalue weighted by atomic mass is 10.1. The zero-order valence-corrected chi connectivity index (χ0v) is 21.2. The van der Waals surface area contributed by atoms with E-state index in [1.165, 1.54) is 4.90 Å². The molecule has 0 bridgehead atoms. The monoisotopic (exact) mass is 524 g/mol. The van der Waals surface area contributed by atoms with E-state index in [9.17, 15) is 18.0 Å². The van der Waals surface area contributed by atoms with Crippen LogP contribution in [-0.2, 0) is 21.2 Å². The highest BCUT2D eigenvalue weighted by molar-refractivity contribution is 7.91. The second-order valence-electron chi connectivity index (χ2n) is 7.63. The van der Waals surface area contributed by atoms with Crippen LogP contribution in [0.5, 0.6) is 0 Å². The van der Waals surface area contributed by atoms with Crippen molar-refractivity contribution < 1.29 is 23.1 Å². The number of carbonyl (C=O) groups is 2. The number of aryl methyl sites for hydroxylation is 1. The van der Waals surface area contributed by atoms with Gasteiger partial charge in [0.25, 0.3) is 0 Å². The number of hydrogen-bond acceptors (Lipinski definition) is 7. The molecular formula is C25H24N4O5S2. The van der Waals surface area contributed by atoms with Crippen LogP contribution in [-0.4, -0.2) is 42.4 Å². The summed E-state index contributed by atoms with van der Waals surface area (Å²) in [4.78, 5) is 32.5. The summed E-state index contributed by atoms with van der Waals surface area (Å²) in [6.45, 7) is 1.55. The molecule has 1 amide bonds. The number of anilines is 1. The van der Waals surface area contributed by atoms with Crippen molar-refractivity contribution in [1.82, 2.24) is 9.97 Å². The Labute approximate surface area is 212 Å². The Bertz CT molecular complexity index is 1440. The van der Waals surface area contributed by atoms with E-state index in [1.807, 2.05) is 42.5 Å². The maximum absolute atomic E-state index is 12.5. The van der Waals surface area contributed by atoms with Gasteiger partial charge in [-0.1, -0.05) is 59.9 Å². The predicted octanol–water partition coefficient (Wildman–Crippen LogP) is 3.75. The molecule has 4 aromatic rings. The zero-order valence-electron chi connectivity index (χ0n) is 19.5. The van der Waals surface area contributed by atoms with E-state index in [0.717, 1.165) is 28.2 Å². The molecule has 0 saturated carbocycles. The minimum Gasteiger partial charge on any atom is -0.478 e. The number of rotatable bonds is 6. The molecule has 0 atom stereocenters. The fourth-order valence-electron chi connectivity index (χ4n) is 3.08. The number of aromatic carboxylic acids is 1. The van der Waals surface area contributed by atoms with Gasteiger partial charge in [0.1, 0.15) is 0 Å². The lowest BCUT2D eigenvalue weighted by Gasteiger charge is -2.13. The van der Waals surface area contributed by atoms with Crippen LogP contribution < -0.4 is 10.0 Å². The molecule has 4 rings (SSSR count). The van der Waals surface area contributed by atoms with Gasteiger partial charge in [0, 0.05) is 18.8 Å². The van der Waals surface area contributed by atoms with Crippen LogP contribution in [0.3, 0.4) is 0 Å². The number of nitrogens with two attached hydrogens (primary N) is 1. The van der Waals surface area contributed by atoms with Gasteiger partial charge in [-0.05, 0) is 36.8 Å². The smallest absolute Gasteiger partial charge is 0.335 e. The van der Waals surface area contributed by atoms with Crippen LogP contribution in [0.25, 0.3) is 11.3 Å². The van der Waals surface area contributed by atoms with Gasteiger partial charge in [0.2, 0.25) is 15.9 Å². The molecule has 3 N–H and O–H groups in total.